The molecule has 0 aromatic heterocycles. The van der Waals surface area contributed by atoms with E-state index >= 15 is 0 Å². The van der Waals surface area contributed by atoms with E-state index in [4.69, 9.17) is 0 Å². The zero-order valence-corrected chi connectivity index (χ0v) is 11.1. The van der Waals surface area contributed by atoms with Crippen LogP contribution in [0.25, 0.3) is 0 Å². The van der Waals surface area contributed by atoms with E-state index in [1.54, 1.807) is 0 Å². The van der Waals surface area contributed by atoms with Gasteiger partial charge >= 0.3 is 29.6 Å². The average molecular weight is 218 g/mol. The minimum absolute atomic E-state index is 0. The zero-order chi connectivity index (χ0) is 9.45. The van der Waals surface area contributed by atoms with Gasteiger partial charge in [0.2, 0.25) is 10.4 Å². The van der Waals surface area contributed by atoms with Crippen molar-refractivity contribution in [3.63, 3.8) is 0 Å². The molecule has 4 nitrogen and oxygen atoms in total. The third-order valence-electron chi connectivity index (χ3n) is 1.48. The van der Waals surface area contributed by atoms with E-state index in [0.29, 0.717) is 6.42 Å². The maximum Gasteiger partial charge on any atom is 1.00 e. The summed E-state index contributed by atoms with van der Waals surface area (Å²) in [5, 5.41) is 0. The third-order valence-corrected chi connectivity index (χ3v) is 1.93. The molecule has 6 heteroatoms. The van der Waals surface area contributed by atoms with Gasteiger partial charge in [-0.05, 0) is 6.42 Å². The maximum absolute atomic E-state index is 9.94. The Labute approximate surface area is 102 Å². The van der Waals surface area contributed by atoms with Crippen LogP contribution in [0.4, 0.5) is 0 Å². The summed E-state index contributed by atoms with van der Waals surface area (Å²) in [5.74, 6) is 0. The number of hydrogen-bond acceptors (Lipinski definition) is 4. The van der Waals surface area contributed by atoms with Gasteiger partial charge in [0.25, 0.3) is 0 Å². The second kappa shape index (κ2) is 9.43. The summed E-state index contributed by atoms with van der Waals surface area (Å²) in [6, 6.07) is 0. The van der Waals surface area contributed by atoms with Gasteiger partial charge in [0, 0.05) is 0 Å². The van der Waals surface area contributed by atoms with Gasteiger partial charge in [-0.15, -0.1) is 0 Å². The third kappa shape index (κ3) is 15.6. The topological polar surface area (TPSA) is 66.4 Å². The van der Waals surface area contributed by atoms with Crippen LogP contribution in [-0.2, 0) is 14.6 Å². The molecule has 0 aromatic carbocycles. The summed E-state index contributed by atoms with van der Waals surface area (Å²) in [6.07, 6.45) is 4.91. The van der Waals surface area contributed by atoms with E-state index in [2.05, 4.69) is 11.1 Å². The van der Waals surface area contributed by atoms with Crippen molar-refractivity contribution in [2.24, 2.45) is 0 Å². The largest absolute Gasteiger partial charge is 1.00 e. The van der Waals surface area contributed by atoms with Crippen LogP contribution in [0.1, 0.15) is 39.0 Å². The van der Waals surface area contributed by atoms with Crippen LogP contribution < -0.4 is 29.6 Å². The Morgan fingerprint density at radius 3 is 2.15 bits per heavy atom. The van der Waals surface area contributed by atoms with Crippen molar-refractivity contribution in [2.45, 2.75) is 39.0 Å². The van der Waals surface area contributed by atoms with E-state index in [-0.39, 0.29) is 36.2 Å². The Bertz CT molecular complexity index is 191. The number of rotatable bonds is 7. The SMILES string of the molecule is CCCCCCCOS(=O)(=O)[O-].[Na+]. The summed E-state index contributed by atoms with van der Waals surface area (Å²) in [7, 11) is -4.47. The van der Waals surface area contributed by atoms with E-state index in [9.17, 15) is 13.0 Å². The Morgan fingerprint density at radius 1 is 1.15 bits per heavy atom. The molecule has 0 bridgehead atoms. The number of unbranched alkanes of at least 4 members (excludes halogenated alkanes) is 4. The molecule has 0 aliphatic rings. The van der Waals surface area contributed by atoms with Crippen LogP contribution in [0.5, 0.6) is 0 Å². The molecule has 0 aromatic rings. The first-order valence-electron chi connectivity index (χ1n) is 4.16. The second-order valence-electron chi connectivity index (χ2n) is 2.64. The van der Waals surface area contributed by atoms with Gasteiger partial charge < -0.3 is 4.55 Å². The molecule has 0 aliphatic heterocycles. The summed E-state index contributed by atoms with van der Waals surface area (Å²) >= 11 is 0. The van der Waals surface area contributed by atoms with E-state index in [0.717, 1.165) is 25.7 Å². The predicted octanol–water partition coefficient (Wildman–Crippen LogP) is -1.56. The molecule has 0 aliphatic carbocycles. The molecule has 0 unspecified atom stereocenters. The van der Waals surface area contributed by atoms with Gasteiger partial charge in [0.15, 0.2) is 0 Å². The number of hydrogen-bond donors (Lipinski definition) is 0. The maximum atomic E-state index is 9.94. The summed E-state index contributed by atoms with van der Waals surface area (Å²) in [6.45, 7) is 2.12. The Kier molecular flexibility index (Phi) is 11.8. The van der Waals surface area contributed by atoms with Gasteiger partial charge in [0.05, 0.1) is 6.61 Å². The van der Waals surface area contributed by atoms with Gasteiger partial charge in [-0.2, -0.15) is 0 Å². The molecule has 0 saturated heterocycles. The Hall–Kier alpha value is 0.870. The molecule has 0 rings (SSSR count). The van der Waals surface area contributed by atoms with Gasteiger partial charge in [0.1, 0.15) is 0 Å². The first-order chi connectivity index (χ1) is 5.56. The Balaban J connectivity index is 0. The van der Waals surface area contributed by atoms with Crippen molar-refractivity contribution in [3.05, 3.63) is 0 Å². The van der Waals surface area contributed by atoms with Crippen molar-refractivity contribution in [2.75, 3.05) is 6.61 Å². The van der Waals surface area contributed by atoms with E-state index in [1.807, 2.05) is 0 Å². The van der Waals surface area contributed by atoms with Gasteiger partial charge in [-0.25, -0.2) is 8.42 Å². The van der Waals surface area contributed by atoms with Crippen molar-refractivity contribution >= 4 is 10.4 Å². The fraction of sp³-hybridized carbons (Fsp3) is 1.00. The normalized spacial score (nSPS) is 10.9. The van der Waals surface area contributed by atoms with Gasteiger partial charge in [-0.1, -0.05) is 32.6 Å². The first-order valence-corrected chi connectivity index (χ1v) is 5.50. The van der Waals surface area contributed by atoms with Crippen LogP contribution in [0.2, 0.25) is 0 Å². The fourth-order valence-corrected chi connectivity index (χ4v) is 1.19. The Morgan fingerprint density at radius 2 is 1.69 bits per heavy atom. The van der Waals surface area contributed by atoms with Crippen LogP contribution in [0, 0.1) is 0 Å². The molecule has 0 fully saturated rings. The summed E-state index contributed by atoms with van der Waals surface area (Å²) in [4.78, 5) is 0. The van der Waals surface area contributed by atoms with Crippen molar-refractivity contribution in [1.29, 1.82) is 0 Å². The zero-order valence-electron chi connectivity index (χ0n) is 8.28. The van der Waals surface area contributed by atoms with Crippen LogP contribution in [-0.4, -0.2) is 19.6 Å². The molecule has 0 N–H and O–H groups in total. The fourth-order valence-electron chi connectivity index (χ4n) is 0.867. The molecule has 0 heterocycles. The van der Waals surface area contributed by atoms with Crippen LogP contribution in [0.15, 0.2) is 0 Å². The molecule has 0 spiro atoms. The summed E-state index contributed by atoms with van der Waals surface area (Å²) < 4.78 is 33.9. The minimum atomic E-state index is -4.47. The quantitative estimate of drug-likeness (QED) is 0.224. The monoisotopic (exact) mass is 218 g/mol. The second-order valence-corrected chi connectivity index (χ2v) is 3.70. The van der Waals surface area contributed by atoms with Crippen molar-refractivity contribution < 1.29 is 46.7 Å². The summed E-state index contributed by atoms with van der Waals surface area (Å²) in [5.41, 5.74) is 0. The molecular formula is C7H15NaO4S. The van der Waals surface area contributed by atoms with Gasteiger partial charge in [-0.3, -0.25) is 4.18 Å². The van der Waals surface area contributed by atoms with E-state index in [1.165, 1.54) is 0 Å². The minimum Gasteiger partial charge on any atom is -0.726 e. The molecule has 0 radical (unpaired) electrons. The molecule has 74 valence electrons. The first kappa shape index (κ1) is 16.3. The smallest absolute Gasteiger partial charge is 0.726 e. The predicted molar refractivity (Wildman–Crippen MR) is 44.4 cm³/mol. The average Bonchev–Trinajstić information content (AvgIpc) is 1.94. The molecule has 0 amide bonds. The van der Waals surface area contributed by atoms with Crippen LogP contribution in [0.3, 0.4) is 0 Å². The van der Waals surface area contributed by atoms with Crippen LogP contribution >= 0.6 is 0 Å². The molecular weight excluding hydrogens is 203 g/mol. The molecule has 0 atom stereocenters. The van der Waals surface area contributed by atoms with Crippen molar-refractivity contribution in [1.82, 2.24) is 0 Å². The van der Waals surface area contributed by atoms with Crippen molar-refractivity contribution in [3.8, 4) is 0 Å². The van der Waals surface area contributed by atoms with E-state index < -0.39 is 10.4 Å². The molecule has 0 saturated carbocycles. The molecule has 13 heavy (non-hydrogen) atoms. The standard InChI is InChI=1S/C7H16O4S.Na/c1-2-3-4-5-6-7-11-12(8,9)10;/h2-7H2,1H3,(H,8,9,10);/q;+1/p-1.